The highest BCUT2D eigenvalue weighted by molar-refractivity contribution is 5.94. The van der Waals surface area contributed by atoms with E-state index in [1.54, 1.807) is 25.1 Å². The van der Waals surface area contributed by atoms with Crippen LogP contribution in [0.4, 0.5) is 5.69 Å². The summed E-state index contributed by atoms with van der Waals surface area (Å²) in [5.41, 5.74) is 6.89. The van der Waals surface area contributed by atoms with Crippen LogP contribution in [-0.2, 0) is 4.79 Å². The summed E-state index contributed by atoms with van der Waals surface area (Å²) >= 11 is 0. The van der Waals surface area contributed by atoms with Gasteiger partial charge < -0.3 is 16.2 Å². The number of aromatic hydroxyl groups is 1. The first kappa shape index (κ1) is 12.3. The quantitative estimate of drug-likeness (QED) is 0.674. The number of hydrogen-bond acceptors (Lipinski definition) is 3. The molecule has 86 valence electrons. The van der Waals surface area contributed by atoms with Crippen molar-refractivity contribution in [1.82, 2.24) is 0 Å². The molecule has 0 aliphatic rings. The van der Waals surface area contributed by atoms with Gasteiger partial charge in [0.2, 0.25) is 5.91 Å². The zero-order valence-corrected chi connectivity index (χ0v) is 9.23. The molecular formula is C12H16N2O2. The SMILES string of the molecule is C=CCC(N)C(=O)Nc1ccc(C)c(O)c1. The zero-order valence-electron chi connectivity index (χ0n) is 9.23. The van der Waals surface area contributed by atoms with Crippen LogP contribution in [0.5, 0.6) is 5.75 Å². The van der Waals surface area contributed by atoms with Crippen LogP contribution in [0.1, 0.15) is 12.0 Å². The first-order valence-electron chi connectivity index (χ1n) is 5.01. The lowest BCUT2D eigenvalue weighted by Crippen LogP contribution is -2.35. The van der Waals surface area contributed by atoms with Crippen LogP contribution in [0.15, 0.2) is 30.9 Å². The Bertz CT molecular complexity index is 402. The van der Waals surface area contributed by atoms with Crippen molar-refractivity contribution in [1.29, 1.82) is 0 Å². The molecule has 4 N–H and O–H groups in total. The van der Waals surface area contributed by atoms with Crippen molar-refractivity contribution < 1.29 is 9.90 Å². The number of nitrogens with two attached hydrogens (primary N) is 1. The maximum atomic E-state index is 11.5. The van der Waals surface area contributed by atoms with E-state index < -0.39 is 6.04 Å². The molecule has 1 rings (SSSR count). The van der Waals surface area contributed by atoms with Gasteiger partial charge in [0.15, 0.2) is 0 Å². The van der Waals surface area contributed by atoms with Crippen LogP contribution in [0.2, 0.25) is 0 Å². The summed E-state index contributed by atoms with van der Waals surface area (Å²) < 4.78 is 0. The van der Waals surface area contributed by atoms with Crippen LogP contribution in [-0.4, -0.2) is 17.1 Å². The Morgan fingerprint density at radius 1 is 1.69 bits per heavy atom. The van der Waals surface area contributed by atoms with Crippen molar-refractivity contribution in [2.24, 2.45) is 5.73 Å². The second-order valence-corrected chi connectivity index (χ2v) is 3.62. The fourth-order valence-corrected chi connectivity index (χ4v) is 1.21. The predicted molar refractivity (Wildman–Crippen MR) is 64.3 cm³/mol. The second kappa shape index (κ2) is 5.32. The fraction of sp³-hybridized carbons (Fsp3) is 0.250. The van der Waals surface area contributed by atoms with Gasteiger partial charge in [0.25, 0.3) is 0 Å². The van der Waals surface area contributed by atoms with Gasteiger partial charge in [-0.05, 0) is 25.0 Å². The minimum atomic E-state index is -0.610. The van der Waals surface area contributed by atoms with Gasteiger partial charge in [0, 0.05) is 11.8 Å². The van der Waals surface area contributed by atoms with Crippen molar-refractivity contribution in [2.45, 2.75) is 19.4 Å². The van der Waals surface area contributed by atoms with E-state index in [2.05, 4.69) is 11.9 Å². The van der Waals surface area contributed by atoms with Crippen LogP contribution in [0.25, 0.3) is 0 Å². The van der Waals surface area contributed by atoms with E-state index in [1.165, 1.54) is 6.07 Å². The Kier molecular flexibility index (Phi) is 4.08. The molecule has 1 aromatic rings. The van der Waals surface area contributed by atoms with E-state index in [-0.39, 0.29) is 11.7 Å². The van der Waals surface area contributed by atoms with Crippen molar-refractivity contribution in [2.75, 3.05) is 5.32 Å². The van der Waals surface area contributed by atoms with Crippen LogP contribution >= 0.6 is 0 Å². The lowest BCUT2D eigenvalue weighted by molar-refractivity contribution is -0.117. The molecule has 16 heavy (non-hydrogen) atoms. The van der Waals surface area contributed by atoms with E-state index in [0.717, 1.165) is 5.56 Å². The van der Waals surface area contributed by atoms with E-state index in [4.69, 9.17) is 5.73 Å². The number of rotatable bonds is 4. The average Bonchev–Trinajstić information content (AvgIpc) is 2.24. The molecule has 0 radical (unpaired) electrons. The Morgan fingerprint density at radius 2 is 2.38 bits per heavy atom. The van der Waals surface area contributed by atoms with Gasteiger partial charge in [-0.3, -0.25) is 4.79 Å². The van der Waals surface area contributed by atoms with Crippen LogP contribution < -0.4 is 11.1 Å². The largest absolute Gasteiger partial charge is 0.508 e. The predicted octanol–water partition coefficient (Wildman–Crippen LogP) is 1.54. The molecule has 1 aromatic carbocycles. The molecule has 0 fully saturated rings. The van der Waals surface area contributed by atoms with Crippen molar-refractivity contribution >= 4 is 11.6 Å². The summed E-state index contributed by atoms with van der Waals surface area (Å²) in [5.74, 6) is -0.141. The summed E-state index contributed by atoms with van der Waals surface area (Å²) in [7, 11) is 0. The normalized spacial score (nSPS) is 11.9. The summed E-state index contributed by atoms with van der Waals surface area (Å²) in [4.78, 5) is 11.5. The summed E-state index contributed by atoms with van der Waals surface area (Å²) in [5, 5.41) is 12.1. The molecule has 0 saturated heterocycles. The van der Waals surface area contributed by atoms with Crippen LogP contribution in [0.3, 0.4) is 0 Å². The van der Waals surface area contributed by atoms with Gasteiger partial charge >= 0.3 is 0 Å². The van der Waals surface area contributed by atoms with Gasteiger partial charge in [-0.25, -0.2) is 0 Å². The van der Waals surface area contributed by atoms with Gasteiger partial charge in [0.1, 0.15) is 5.75 Å². The summed E-state index contributed by atoms with van der Waals surface area (Å²) in [6.45, 7) is 5.30. The molecule has 4 nitrogen and oxygen atoms in total. The smallest absolute Gasteiger partial charge is 0.241 e. The summed E-state index contributed by atoms with van der Waals surface area (Å²) in [6.07, 6.45) is 2.01. The minimum absolute atomic E-state index is 0.148. The van der Waals surface area contributed by atoms with E-state index in [0.29, 0.717) is 12.1 Å². The average molecular weight is 220 g/mol. The highest BCUT2D eigenvalue weighted by Crippen LogP contribution is 2.20. The maximum Gasteiger partial charge on any atom is 0.241 e. The lowest BCUT2D eigenvalue weighted by Gasteiger charge is -2.11. The summed E-state index contributed by atoms with van der Waals surface area (Å²) in [6, 6.07) is 4.33. The fourth-order valence-electron chi connectivity index (χ4n) is 1.21. The van der Waals surface area contributed by atoms with Gasteiger partial charge in [-0.15, -0.1) is 6.58 Å². The number of amides is 1. The number of phenolic OH excluding ortho intramolecular Hbond substituents is 1. The molecular weight excluding hydrogens is 204 g/mol. The van der Waals surface area contributed by atoms with E-state index >= 15 is 0 Å². The van der Waals surface area contributed by atoms with E-state index in [1.807, 2.05) is 0 Å². The Balaban J connectivity index is 2.69. The second-order valence-electron chi connectivity index (χ2n) is 3.62. The topological polar surface area (TPSA) is 75.4 Å². The number of hydrogen-bond donors (Lipinski definition) is 3. The molecule has 4 heteroatoms. The lowest BCUT2D eigenvalue weighted by atomic mass is 10.1. The van der Waals surface area contributed by atoms with Crippen molar-refractivity contribution in [3.63, 3.8) is 0 Å². The molecule has 0 aromatic heterocycles. The number of phenols is 1. The molecule has 1 atom stereocenters. The number of anilines is 1. The number of aryl methyl sites for hydroxylation is 1. The molecule has 0 bridgehead atoms. The zero-order chi connectivity index (χ0) is 12.1. The highest BCUT2D eigenvalue weighted by Gasteiger charge is 2.11. The third kappa shape index (κ3) is 3.10. The first-order chi connectivity index (χ1) is 7.54. The maximum absolute atomic E-state index is 11.5. The van der Waals surface area contributed by atoms with Crippen molar-refractivity contribution in [3.8, 4) is 5.75 Å². The highest BCUT2D eigenvalue weighted by atomic mass is 16.3. The van der Waals surface area contributed by atoms with Crippen LogP contribution in [0, 0.1) is 6.92 Å². The number of carbonyl (C=O) groups is 1. The number of carbonyl (C=O) groups excluding carboxylic acids is 1. The Morgan fingerprint density at radius 3 is 2.94 bits per heavy atom. The molecule has 0 aliphatic carbocycles. The van der Waals surface area contributed by atoms with E-state index in [9.17, 15) is 9.90 Å². The molecule has 0 saturated carbocycles. The Hall–Kier alpha value is -1.81. The number of benzene rings is 1. The molecule has 1 unspecified atom stereocenters. The first-order valence-corrected chi connectivity index (χ1v) is 5.01. The third-order valence-corrected chi connectivity index (χ3v) is 2.23. The molecule has 0 heterocycles. The number of nitrogens with one attached hydrogen (secondary N) is 1. The monoisotopic (exact) mass is 220 g/mol. The van der Waals surface area contributed by atoms with Crippen molar-refractivity contribution in [3.05, 3.63) is 36.4 Å². The molecule has 0 aliphatic heterocycles. The third-order valence-electron chi connectivity index (χ3n) is 2.23. The minimum Gasteiger partial charge on any atom is -0.508 e. The van der Waals surface area contributed by atoms with Gasteiger partial charge in [0.05, 0.1) is 6.04 Å². The van der Waals surface area contributed by atoms with Gasteiger partial charge in [-0.2, -0.15) is 0 Å². The molecule has 1 amide bonds. The standard InChI is InChI=1S/C12H16N2O2/c1-3-4-10(13)12(16)14-9-6-5-8(2)11(15)7-9/h3,5-7,10,15H,1,4,13H2,2H3,(H,14,16). The van der Waals surface area contributed by atoms with Gasteiger partial charge in [-0.1, -0.05) is 12.1 Å². The molecule has 0 spiro atoms. The Labute approximate surface area is 94.8 Å².